The maximum absolute atomic E-state index is 4.49. The molecule has 1 aliphatic rings. The van der Waals surface area contributed by atoms with Crippen molar-refractivity contribution in [2.24, 2.45) is 5.92 Å². The molecule has 1 aromatic carbocycles. The van der Waals surface area contributed by atoms with E-state index in [9.17, 15) is 0 Å². The number of likely N-dealkylation sites (tertiary alicyclic amines) is 1. The molecule has 1 saturated heterocycles. The molecule has 0 atom stereocenters. The first-order chi connectivity index (χ1) is 15.2. The Morgan fingerprint density at radius 1 is 0.935 bits per heavy atom. The van der Waals surface area contributed by atoms with Crippen LogP contribution in [-0.4, -0.2) is 63.1 Å². The molecule has 3 aromatic rings. The van der Waals surface area contributed by atoms with Crippen LogP contribution in [0.1, 0.15) is 37.9 Å². The van der Waals surface area contributed by atoms with Gasteiger partial charge in [0.1, 0.15) is 12.2 Å². The van der Waals surface area contributed by atoms with Gasteiger partial charge in [-0.15, -0.1) is 20.4 Å². The van der Waals surface area contributed by atoms with E-state index in [2.05, 4.69) is 71.8 Å². The average Bonchev–Trinajstić information content (AvgIpc) is 3.21. The highest BCUT2D eigenvalue weighted by Gasteiger charge is 2.16. The topological polar surface area (TPSA) is 83.8 Å². The van der Waals surface area contributed by atoms with Crippen LogP contribution >= 0.6 is 0 Å². The molecule has 31 heavy (non-hydrogen) atoms. The number of piperidine rings is 1. The van der Waals surface area contributed by atoms with Gasteiger partial charge in [0.05, 0.1) is 0 Å². The Balaban J connectivity index is 1.29. The van der Waals surface area contributed by atoms with E-state index in [0.29, 0.717) is 0 Å². The molecule has 3 heterocycles. The fourth-order valence-corrected chi connectivity index (χ4v) is 4.30. The van der Waals surface area contributed by atoms with Crippen LogP contribution in [0.3, 0.4) is 0 Å². The maximum atomic E-state index is 4.49. The van der Waals surface area contributed by atoms with Crippen molar-refractivity contribution in [1.29, 1.82) is 0 Å². The van der Waals surface area contributed by atoms with Crippen molar-refractivity contribution in [3.05, 3.63) is 36.4 Å². The van der Waals surface area contributed by atoms with Gasteiger partial charge in [0, 0.05) is 30.4 Å². The molecular formula is C23H34N8. The van der Waals surface area contributed by atoms with Gasteiger partial charge < -0.3 is 20.1 Å². The van der Waals surface area contributed by atoms with Gasteiger partial charge in [0.15, 0.2) is 11.6 Å². The summed E-state index contributed by atoms with van der Waals surface area (Å²) in [6.07, 6.45) is 7.86. The zero-order valence-electron chi connectivity index (χ0n) is 18.7. The van der Waals surface area contributed by atoms with Crippen molar-refractivity contribution < 1.29 is 0 Å². The highest BCUT2D eigenvalue weighted by Crippen LogP contribution is 2.26. The van der Waals surface area contributed by atoms with E-state index >= 15 is 0 Å². The van der Waals surface area contributed by atoms with E-state index in [1.165, 1.54) is 38.8 Å². The van der Waals surface area contributed by atoms with Gasteiger partial charge in [-0.25, -0.2) is 0 Å². The Bertz CT molecular complexity index is 961. The van der Waals surface area contributed by atoms with E-state index in [-0.39, 0.29) is 0 Å². The molecule has 2 aromatic heterocycles. The summed E-state index contributed by atoms with van der Waals surface area (Å²) in [4.78, 5) is 2.43. The number of aromatic nitrogens is 5. The Labute approximate surface area is 184 Å². The molecule has 8 nitrogen and oxygen atoms in total. The number of nitrogens with zero attached hydrogens (tertiary/aromatic N) is 6. The predicted octanol–water partition coefficient (Wildman–Crippen LogP) is 3.57. The SMILES string of the molecule is Cc1nncn1CCCNc1nnc(NCCCC2CCN(C)CC2)c2ccccc12. The van der Waals surface area contributed by atoms with Crippen molar-refractivity contribution in [3.8, 4) is 0 Å². The van der Waals surface area contributed by atoms with E-state index < -0.39 is 0 Å². The van der Waals surface area contributed by atoms with Crippen molar-refractivity contribution in [2.75, 3.05) is 43.9 Å². The molecule has 166 valence electrons. The third kappa shape index (κ3) is 5.70. The molecule has 2 N–H and O–H groups in total. The summed E-state index contributed by atoms with van der Waals surface area (Å²) in [5.41, 5.74) is 0. The molecule has 1 aliphatic heterocycles. The lowest BCUT2D eigenvalue weighted by Gasteiger charge is -2.28. The van der Waals surface area contributed by atoms with Crippen LogP contribution in [-0.2, 0) is 6.54 Å². The second-order valence-electron chi connectivity index (χ2n) is 8.61. The molecule has 0 unspecified atom stereocenters. The molecule has 4 rings (SSSR count). The number of benzene rings is 1. The van der Waals surface area contributed by atoms with Crippen molar-refractivity contribution in [1.82, 2.24) is 29.9 Å². The number of hydrogen-bond acceptors (Lipinski definition) is 7. The summed E-state index contributed by atoms with van der Waals surface area (Å²) < 4.78 is 2.06. The molecule has 8 heteroatoms. The second-order valence-corrected chi connectivity index (χ2v) is 8.61. The minimum Gasteiger partial charge on any atom is -0.368 e. The summed E-state index contributed by atoms with van der Waals surface area (Å²) in [5.74, 6) is 3.53. The summed E-state index contributed by atoms with van der Waals surface area (Å²) in [5, 5.41) is 26.1. The molecule has 0 bridgehead atoms. The van der Waals surface area contributed by atoms with Crippen LogP contribution in [0.2, 0.25) is 0 Å². The maximum Gasteiger partial charge on any atom is 0.156 e. The summed E-state index contributed by atoms with van der Waals surface area (Å²) in [6, 6.07) is 8.35. The number of nitrogens with one attached hydrogen (secondary N) is 2. The lowest BCUT2D eigenvalue weighted by atomic mass is 9.92. The molecule has 0 amide bonds. The number of aryl methyl sites for hydroxylation is 2. The van der Waals surface area contributed by atoms with Gasteiger partial charge in [0.25, 0.3) is 0 Å². The number of anilines is 2. The van der Waals surface area contributed by atoms with E-state index in [1.807, 2.05) is 6.92 Å². The quantitative estimate of drug-likeness (QED) is 0.483. The van der Waals surface area contributed by atoms with Gasteiger partial charge in [-0.1, -0.05) is 24.3 Å². The third-order valence-electron chi connectivity index (χ3n) is 6.28. The summed E-state index contributed by atoms with van der Waals surface area (Å²) in [6.45, 7) is 7.09. The smallest absolute Gasteiger partial charge is 0.156 e. The average molecular weight is 423 g/mol. The Hall–Kier alpha value is -2.74. The summed E-state index contributed by atoms with van der Waals surface area (Å²) in [7, 11) is 2.22. The van der Waals surface area contributed by atoms with Gasteiger partial charge in [-0.05, 0) is 65.1 Å². The highest BCUT2D eigenvalue weighted by atomic mass is 15.3. The first kappa shape index (κ1) is 21.5. The van der Waals surface area contributed by atoms with Crippen LogP contribution in [0, 0.1) is 12.8 Å². The van der Waals surface area contributed by atoms with Crippen molar-refractivity contribution in [2.45, 2.75) is 45.6 Å². The molecule has 0 spiro atoms. The molecular weight excluding hydrogens is 388 g/mol. The number of rotatable bonds is 10. The second kappa shape index (κ2) is 10.5. The fraction of sp³-hybridized carbons (Fsp3) is 0.565. The van der Waals surface area contributed by atoms with Crippen molar-refractivity contribution in [3.63, 3.8) is 0 Å². The first-order valence-electron chi connectivity index (χ1n) is 11.5. The molecule has 0 radical (unpaired) electrons. The number of hydrogen-bond donors (Lipinski definition) is 2. The molecule has 0 saturated carbocycles. The van der Waals surface area contributed by atoms with Gasteiger partial charge in [0.2, 0.25) is 0 Å². The van der Waals surface area contributed by atoms with Crippen LogP contribution in [0.15, 0.2) is 30.6 Å². The van der Waals surface area contributed by atoms with E-state index in [0.717, 1.165) is 60.2 Å². The van der Waals surface area contributed by atoms with Gasteiger partial charge in [-0.3, -0.25) is 0 Å². The van der Waals surface area contributed by atoms with Crippen molar-refractivity contribution >= 4 is 22.4 Å². The van der Waals surface area contributed by atoms with Gasteiger partial charge in [-0.2, -0.15) is 0 Å². The Morgan fingerprint density at radius 3 is 2.19 bits per heavy atom. The Morgan fingerprint density at radius 2 is 1.58 bits per heavy atom. The summed E-state index contributed by atoms with van der Waals surface area (Å²) >= 11 is 0. The van der Waals surface area contributed by atoms with Crippen LogP contribution < -0.4 is 10.6 Å². The van der Waals surface area contributed by atoms with Crippen LogP contribution in [0.25, 0.3) is 10.8 Å². The monoisotopic (exact) mass is 422 g/mol. The largest absolute Gasteiger partial charge is 0.368 e. The van der Waals surface area contributed by atoms with Gasteiger partial charge >= 0.3 is 0 Å². The molecule has 1 fully saturated rings. The first-order valence-corrected chi connectivity index (χ1v) is 11.5. The lowest BCUT2D eigenvalue weighted by molar-refractivity contribution is 0.211. The zero-order chi connectivity index (χ0) is 21.5. The normalized spacial score (nSPS) is 15.4. The highest BCUT2D eigenvalue weighted by molar-refractivity contribution is 5.98. The minimum absolute atomic E-state index is 0.819. The zero-order valence-corrected chi connectivity index (χ0v) is 18.7. The van der Waals surface area contributed by atoms with Crippen LogP contribution in [0.5, 0.6) is 0 Å². The predicted molar refractivity (Wildman–Crippen MR) is 125 cm³/mol. The Kier molecular flexibility index (Phi) is 7.30. The standard InChI is InChI=1S/C23H34N8/c1-18-27-26-17-31(18)14-6-13-25-23-21-9-4-3-8-20(21)22(28-29-23)24-12-5-7-19-10-15-30(2)16-11-19/h3-4,8-9,17,19H,5-7,10-16H2,1-2H3,(H,24,28)(H,25,29). The minimum atomic E-state index is 0.819. The van der Waals surface area contributed by atoms with E-state index in [1.54, 1.807) is 6.33 Å². The van der Waals surface area contributed by atoms with Crippen LogP contribution in [0.4, 0.5) is 11.6 Å². The molecule has 0 aliphatic carbocycles. The lowest BCUT2D eigenvalue weighted by Crippen LogP contribution is -2.30. The number of fused-ring (bicyclic) bond motifs is 1. The fourth-order valence-electron chi connectivity index (χ4n) is 4.30. The third-order valence-corrected chi connectivity index (χ3v) is 6.28. The van der Waals surface area contributed by atoms with E-state index in [4.69, 9.17) is 0 Å².